The highest BCUT2D eigenvalue weighted by atomic mass is 16.1. The third-order valence-corrected chi connectivity index (χ3v) is 3.33. The average Bonchev–Trinajstić information content (AvgIpc) is 2.68. The number of allylic oxidation sites excluding steroid dienone is 3. The van der Waals surface area contributed by atoms with Crippen molar-refractivity contribution in [3.63, 3.8) is 0 Å². The van der Waals surface area contributed by atoms with Crippen LogP contribution in [0.15, 0.2) is 78.6 Å². The van der Waals surface area contributed by atoms with Crippen LogP contribution in [0.5, 0.6) is 0 Å². The second-order valence-corrected chi connectivity index (χ2v) is 5.18. The van der Waals surface area contributed by atoms with E-state index in [9.17, 15) is 4.79 Å². The number of rotatable bonds is 8. The number of nitrogens with one attached hydrogen (secondary N) is 4. The minimum Gasteiger partial charge on any atom is -0.362 e. The van der Waals surface area contributed by atoms with Gasteiger partial charge in [-0.1, -0.05) is 30.2 Å². The van der Waals surface area contributed by atoms with Crippen molar-refractivity contribution in [3.05, 3.63) is 84.2 Å². The van der Waals surface area contributed by atoms with Gasteiger partial charge in [0.15, 0.2) is 0 Å². The predicted octanol–water partition coefficient (Wildman–Crippen LogP) is 3.83. The van der Waals surface area contributed by atoms with Gasteiger partial charge in [0.05, 0.1) is 5.70 Å². The van der Waals surface area contributed by atoms with Crippen LogP contribution in [0.4, 0.5) is 11.4 Å². The normalized spacial score (nSPS) is 10.8. The summed E-state index contributed by atoms with van der Waals surface area (Å²) in [4.78, 5) is 12.2. The first-order chi connectivity index (χ1) is 12.6. The summed E-state index contributed by atoms with van der Waals surface area (Å²) in [7, 11) is 0. The molecule has 0 aliphatic heterocycles. The summed E-state index contributed by atoms with van der Waals surface area (Å²) < 4.78 is 0. The van der Waals surface area contributed by atoms with Crippen LogP contribution in [0, 0.1) is 23.2 Å². The molecular formula is C21H18N4O. The number of ketones is 1. The minimum atomic E-state index is -0.498. The smallest absolute Gasteiger partial charge is 0.207 e. The highest BCUT2D eigenvalue weighted by Crippen LogP contribution is 2.13. The van der Waals surface area contributed by atoms with E-state index in [0.717, 1.165) is 11.9 Å². The number of hydrogen-bond donors (Lipinski definition) is 4. The zero-order valence-corrected chi connectivity index (χ0v) is 14.0. The Kier molecular flexibility index (Phi) is 6.66. The Morgan fingerprint density at radius 3 is 2.50 bits per heavy atom. The summed E-state index contributed by atoms with van der Waals surface area (Å²) >= 11 is 0. The molecule has 26 heavy (non-hydrogen) atoms. The van der Waals surface area contributed by atoms with E-state index in [1.807, 2.05) is 30.3 Å². The van der Waals surface area contributed by atoms with E-state index in [1.165, 1.54) is 18.4 Å². The van der Waals surface area contributed by atoms with E-state index in [0.29, 0.717) is 11.3 Å². The van der Waals surface area contributed by atoms with Gasteiger partial charge >= 0.3 is 0 Å². The molecule has 0 atom stereocenters. The highest BCUT2D eigenvalue weighted by Gasteiger charge is 2.12. The van der Waals surface area contributed by atoms with E-state index in [1.54, 1.807) is 24.3 Å². The first-order valence-electron chi connectivity index (χ1n) is 7.80. The lowest BCUT2D eigenvalue weighted by atomic mass is 10.1. The molecule has 2 aromatic carbocycles. The molecular weight excluding hydrogens is 324 g/mol. The molecule has 0 amide bonds. The summed E-state index contributed by atoms with van der Waals surface area (Å²) in [5, 5.41) is 21.3. The number of carbonyl (C=O) groups is 1. The molecule has 0 spiro atoms. The molecule has 5 heteroatoms. The third kappa shape index (κ3) is 5.32. The molecule has 2 rings (SSSR count). The summed E-state index contributed by atoms with van der Waals surface area (Å²) in [6, 6.07) is 16.4. The average molecular weight is 342 g/mol. The molecule has 0 aliphatic rings. The van der Waals surface area contributed by atoms with Crippen molar-refractivity contribution in [1.82, 2.24) is 0 Å². The molecule has 0 bridgehead atoms. The van der Waals surface area contributed by atoms with Gasteiger partial charge in [0.25, 0.3) is 0 Å². The van der Waals surface area contributed by atoms with E-state index in [4.69, 9.17) is 17.2 Å². The number of benzene rings is 2. The Hall–Kier alpha value is -3.91. The van der Waals surface area contributed by atoms with Gasteiger partial charge < -0.3 is 16.0 Å². The van der Waals surface area contributed by atoms with Crippen molar-refractivity contribution in [1.29, 1.82) is 10.8 Å². The summed E-state index contributed by atoms with van der Waals surface area (Å²) in [6.45, 7) is 0. The summed E-state index contributed by atoms with van der Waals surface area (Å²) in [6.07, 6.45) is 10.5. The molecule has 0 radical (unpaired) electrons. The monoisotopic (exact) mass is 342 g/mol. The lowest BCUT2D eigenvalue weighted by molar-refractivity contribution is -0.108. The molecule has 0 saturated heterocycles. The zero-order chi connectivity index (χ0) is 18.8. The Morgan fingerprint density at radius 1 is 1.08 bits per heavy atom. The Labute approximate surface area is 152 Å². The predicted molar refractivity (Wildman–Crippen MR) is 107 cm³/mol. The molecule has 5 nitrogen and oxygen atoms in total. The van der Waals surface area contributed by atoms with Crippen LogP contribution in [0.25, 0.3) is 0 Å². The van der Waals surface area contributed by atoms with Crippen molar-refractivity contribution in [3.8, 4) is 12.3 Å². The molecule has 0 heterocycles. The van der Waals surface area contributed by atoms with Gasteiger partial charge in [0.2, 0.25) is 5.78 Å². The first kappa shape index (κ1) is 18.4. The molecule has 128 valence electrons. The lowest BCUT2D eigenvalue weighted by Crippen LogP contribution is -2.19. The van der Waals surface area contributed by atoms with E-state index in [-0.39, 0.29) is 11.4 Å². The van der Waals surface area contributed by atoms with Crippen LogP contribution in [-0.2, 0) is 4.79 Å². The van der Waals surface area contributed by atoms with E-state index >= 15 is 0 Å². The lowest BCUT2D eigenvalue weighted by Gasteiger charge is -2.10. The Bertz CT molecular complexity index is 905. The van der Waals surface area contributed by atoms with Gasteiger partial charge in [-0.15, -0.1) is 6.42 Å². The second-order valence-electron chi connectivity index (χ2n) is 5.18. The fraction of sp³-hybridized carbons (Fsp3) is 0. The fourth-order valence-electron chi connectivity index (χ4n) is 2.08. The molecule has 0 unspecified atom stereocenters. The number of hydrogen-bond acceptors (Lipinski definition) is 5. The van der Waals surface area contributed by atoms with Crippen molar-refractivity contribution >= 4 is 29.1 Å². The van der Waals surface area contributed by atoms with Crippen molar-refractivity contribution < 1.29 is 4.79 Å². The fourth-order valence-corrected chi connectivity index (χ4v) is 2.08. The third-order valence-electron chi connectivity index (χ3n) is 3.33. The molecule has 0 aliphatic carbocycles. The number of terminal acetylenes is 1. The van der Waals surface area contributed by atoms with Crippen molar-refractivity contribution in [2.24, 2.45) is 0 Å². The van der Waals surface area contributed by atoms with Crippen LogP contribution in [0.2, 0.25) is 0 Å². The van der Waals surface area contributed by atoms with Gasteiger partial charge in [0, 0.05) is 35.4 Å². The molecule has 0 fully saturated rings. The van der Waals surface area contributed by atoms with Gasteiger partial charge in [-0.25, -0.2) is 0 Å². The first-order valence-corrected chi connectivity index (χ1v) is 7.80. The Balaban J connectivity index is 2.07. The van der Waals surface area contributed by atoms with Crippen LogP contribution < -0.4 is 10.6 Å². The zero-order valence-electron chi connectivity index (χ0n) is 14.0. The SMILES string of the molecule is C#Cc1cccc(N/C(=C\C=N)C(=N)C(=O)/C=C\Nc2ccccc2)c1. The van der Waals surface area contributed by atoms with Gasteiger partial charge in [-0.05, 0) is 36.4 Å². The van der Waals surface area contributed by atoms with E-state index in [2.05, 4.69) is 16.6 Å². The maximum Gasteiger partial charge on any atom is 0.207 e. The van der Waals surface area contributed by atoms with Gasteiger partial charge in [-0.2, -0.15) is 0 Å². The van der Waals surface area contributed by atoms with Crippen molar-refractivity contribution in [2.75, 3.05) is 10.6 Å². The van der Waals surface area contributed by atoms with E-state index < -0.39 is 5.78 Å². The van der Waals surface area contributed by atoms with Crippen molar-refractivity contribution in [2.45, 2.75) is 0 Å². The number of para-hydroxylation sites is 1. The summed E-state index contributed by atoms with van der Waals surface area (Å²) in [5.41, 5.74) is 2.10. The molecule has 4 N–H and O–H groups in total. The van der Waals surface area contributed by atoms with Crippen LogP contribution in [-0.4, -0.2) is 17.7 Å². The van der Waals surface area contributed by atoms with Gasteiger partial charge in [-0.3, -0.25) is 10.2 Å². The van der Waals surface area contributed by atoms with Crippen LogP contribution >= 0.6 is 0 Å². The van der Waals surface area contributed by atoms with Crippen LogP contribution in [0.1, 0.15) is 5.56 Å². The topological polar surface area (TPSA) is 88.8 Å². The maximum absolute atomic E-state index is 12.2. The maximum atomic E-state index is 12.2. The standard InChI is InChI=1S/C21H18N4O/c1-2-16-7-6-10-18(15-16)25-19(11-13-22)21(23)20(26)12-14-24-17-8-4-3-5-9-17/h1,3-15,22-25H/b14-12-,19-11-,22-13?,23-21?. The minimum absolute atomic E-state index is 0.212. The number of carbonyl (C=O) groups excluding carboxylic acids is 1. The highest BCUT2D eigenvalue weighted by molar-refractivity contribution is 6.49. The summed E-state index contributed by atoms with van der Waals surface area (Å²) in [5.74, 6) is 2.03. The number of anilines is 2. The molecule has 2 aromatic rings. The molecule has 0 aromatic heterocycles. The quantitative estimate of drug-likeness (QED) is 0.334. The molecule has 0 saturated carbocycles. The van der Waals surface area contributed by atoms with Gasteiger partial charge in [0.1, 0.15) is 5.71 Å². The second kappa shape index (κ2) is 9.40. The van der Waals surface area contributed by atoms with Crippen LogP contribution in [0.3, 0.4) is 0 Å². The Morgan fingerprint density at radius 2 is 1.81 bits per heavy atom. The largest absolute Gasteiger partial charge is 0.362 e.